The van der Waals surface area contributed by atoms with Gasteiger partial charge >= 0.3 is 18.0 Å². The second kappa shape index (κ2) is 18.3. The number of carbonyl (C=O) groups is 3. The molecule has 5 heterocycles. The standard InChI is InChI=1S/C39H48N12O6/c1-4-51-47-36(46-48-51)33-32(55-25(2)52)34(56-26(3)53)38(57-33)50-24-43-31-35(41-22-29(27-14-8-5-9-15-27)28-16-10-6-11-17-28)44-30(45-37(31)50)23-42-39(54)40-18-21-49-19-12-7-13-20-49/h5-6,8-11,14-17,24,29,32-34,38H,4,7,12-13,18-23H2,1-3H3,(H2,40,42,54)(H,41,44,45)/t32-,33+,34-,38-/m1/s1. The summed E-state index contributed by atoms with van der Waals surface area (Å²) in [5, 5.41) is 21.9. The SMILES string of the molecule is CCn1nnc([C@H]2O[C@@H](n3cnc4c(NCC(c5ccccc5)c5ccccc5)nc(CNC(=O)NCCN5CCCCC5)nc43)[C@H](OC(C)=O)[C@@H]2OC(C)=O)n1. The van der Waals surface area contributed by atoms with Crippen LogP contribution in [0.4, 0.5) is 10.6 Å². The number of nitrogens with one attached hydrogen (secondary N) is 3. The van der Waals surface area contributed by atoms with Crippen LogP contribution in [0.15, 0.2) is 67.0 Å². The van der Waals surface area contributed by atoms with Crippen molar-refractivity contribution in [3.63, 3.8) is 0 Å². The minimum atomic E-state index is -1.15. The Morgan fingerprint density at radius 1 is 0.895 bits per heavy atom. The van der Waals surface area contributed by atoms with E-state index in [9.17, 15) is 14.4 Å². The Labute approximate surface area is 329 Å². The van der Waals surface area contributed by atoms with Crippen molar-refractivity contribution in [1.29, 1.82) is 0 Å². The van der Waals surface area contributed by atoms with Crippen LogP contribution in [0.5, 0.6) is 0 Å². The number of hydrogen-bond acceptors (Lipinski definition) is 14. The normalized spacial score (nSPS) is 19.7. The fraction of sp³-hybridized carbons (Fsp3) is 0.462. The molecule has 57 heavy (non-hydrogen) atoms. The van der Waals surface area contributed by atoms with E-state index in [1.165, 1.54) is 44.2 Å². The molecular weight excluding hydrogens is 733 g/mol. The number of esters is 2. The fourth-order valence-electron chi connectivity index (χ4n) is 7.29. The van der Waals surface area contributed by atoms with E-state index in [0.29, 0.717) is 36.6 Å². The summed E-state index contributed by atoms with van der Waals surface area (Å²) >= 11 is 0. The third kappa shape index (κ3) is 9.52. The van der Waals surface area contributed by atoms with Crippen molar-refractivity contribution in [3.05, 3.63) is 89.8 Å². The highest BCUT2D eigenvalue weighted by molar-refractivity contribution is 5.83. The molecule has 3 N–H and O–H groups in total. The molecule has 18 heteroatoms. The number of aromatic nitrogens is 8. The summed E-state index contributed by atoms with van der Waals surface area (Å²) in [6.07, 6.45) is 0.673. The summed E-state index contributed by atoms with van der Waals surface area (Å²) in [5.41, 5.74) is 2.93. The van der Waals surface area contributed by atoms with Gasteiger partial charge in [0, 0.05) is 39.4 Å². The number of piperidine rings is 1. The number of carbonyl (C=O) groups excluding carboxylic acids is 3. The lowest BCUT2D eigenvalue weighted by Gasteiger charge is -2.26. The van der Waals surface area contributed by atoms with E-state index in [4.69, 9.17) is 29.2 Å². The highest BCUT2D eigenvalue weighted by Gasteiger charge is 2.53. The molecule has 7 rings (SSSR count). The first kappa shape index (κ1) is 39.2. The minimum absolute atomic E-state index is 0.00617. The van der Waals surface area contributed by atoms with E-state index in [1.807, 2.05) is 43.3 Å². The minimum Gasteiger partial charge on any atom is -0.455 e. The second-order valence-electron chi connectivity index (χ2n) is 14.0. The van der Waals surface area contributed by atoms with E-state index in [0.717, 1.165) is 30.8 Å². The zero-order valence-corrected chi connectivity index (χ0v) is 32.3. The first-order valence-corrected chi connectivity index (χ1v) is 19.4. The molecule has 18 nitrogen and oxygen atoms in total. The average Bonchev–Trinajstić information content (AvgIpc) is 3.96. The summed E-state index contributed by atoms with van der Waals surface area (Å²) in [6, 6.07) is 20.0. The maximum absolute atomic E-state index is 13.0. The smallest absolute Gasteiger partial charge is 0.315 e. The number of nitrogens with zero attached hydrogens (tertiary/aromatic N) is 9. The van der Waals surface area contributed by atoms with Gasteiger partial charge in [-0.3, -0.25) is 14.2 Å². The predicted octanol–water partition coefficient (Wildman–Crippen LogP) is 3.50. The summed E-state index contributed by atoms with van der Waals surface area (Å²) in [6.45, 7) is 8.61. The predicted molar refractivity (Wildman–Crippen MR) is 207 cm³/mol. The number of tetrazole rings is 1. The molecule has 2 aliphatic rings. The number of rotatable bonds is 15. The molecule has 0 radical (unpaired) electrons. The molecule has 0 aliphatic carbocycles. The highest BCUT2D eigenvalue weighted by Crippen LogP contribution is 2.42. The van der Waals surface area contributed by atoms with Crippen LogP contribution < -0.4 is 16.0 Å². The van der Waals surface area contributed by atoms with Crippen molar-refractivity contribution in [2.75, 3.05) is 38.0 Å². The van der Waals surface area contributed by atoms with Crippen LogP contribution in [-0.2, 0) is 36.9 Å². The molecule has 2 saturated heterocycles. The Kier molecular flexibility index (Phi) is 12.6. The van der Waals surface area contributed by atoms with Gasteiger partial charge in [-0.2, -0.15) is 4.80 Å². The lowest BCUT2D eigenvalue weighted by Crippen LogP contribution is -2.41. The van der Waals surface area contributed by atoms with Crippen molar-refractivity contribution in [1.82, 2.24) is 55.3 Å². The van der Waals surface area contributed by atoms with Crippen molar-refractivity contribution >= 4 is 35.0 Å². The number of amides is 2. The van der Waals surface area contributed by atoms with Crippen molar-refractivity contribution in [2.24, 2.45) is 0 Å². The zero-order valence-electron chi connectivity index (χ0n) is 32.3. The molecule has 2 fully saturated rings. The van der Waals surface area contributed by atoms with Gasteiger partial charge in [-0.25, -0.2) is 19.7 Å². The Hall–Kier alpha value is -6.01. The number of imidazole rings is 1. The molecule has 0 unspecified atom stereocenters. The van der Waals surface area contributed by atoms with Gasteiger partial charge in [-0.15, -0.1) is 10.2 Å². The van der Waals surface area contributed by atoms with Gasteiger partial charge in [0.15, 0.2) is 47.3 Å². The number of hydrogen-bond donors (Lipinski definition) is 3. The summed E-state index contributed by atoms with van der Waals surface area (Å²) < 4.78 is 19.6. The van der Waals surface area contributed by atoms with Crippen LogP contribution >= 0.6 is 0 Å². The zero-order chi connectivity index (χ0) is 39.7. The van der Waals surface area contributed by atoms with Gasteiger partial charge in [-0.05, 0) is 49.2 Å². The van der Waals surface area contributed by atoms with Crippen molar-refractivity contribution in [3.8, 4) is 0 Å². The molecule has 0 spiro atoms. The monoisotopic (exact) mass is 780 g/mol. The molecule has 300 valence electrons. The van der Waals surface area contributed by atoms with Crippen LogP contribution in [0.3, 0.4) is 0 Å². The number of fused-ring (bicyclic) bond motifs is 1. The first-order chi connectivity index (χ1) is 27.8. The molecule has 0 bridgehead atoms. The van der Waals surface area contributed by atoms with Gasteiger partial charge < -0.3 is 35.1 Å². The second-order valence-corrected chi connectivity index (χ2v) is 14.0. The number of ether oxygens (including phenoxy) is 3. The topological polar surface area (TPSA) is 205 Å². The Balaban J connectivity index is 1.22. The molecule has 2 aromatic carbocycles. The average molecular weight is 781 g/mol. The maximum Gasteiger partial charge on any atom is 0.315 e. The highest BCUT2D eigenvalue weighted by atomic mass is 16.6. The summed E-state index contributed by atoms with van der Waals surface area (Å²) in [4.78, 5) is 56.0. The molecule has 0 saturated carbocycles. The third-order valence-electron chi connectivity index (χ3n) is 9.99. The molecular formula is C39H48N12O6. The molecule has 3 aromatic heterocycles. The van der Waals surface area contributed by atoms with Crippen LogP contribution in [-0.4, -0.2) is 108 Å². The van der Waals surface area contributed by atoms with Gasteiger partial charge in [0.25, 0.3) is 0 Å². The molecule has 4 atom stereocenters. The lowest BCUT2D eigenvalue weighted by atomic mass is 9.91. The van der Waals surface area contributed by atoms with Crippen LogP contribution in [0.25, 0.3) is 11.2 Å². The molecule has 2 amide bonds. The van der Waals surface area contributed by atoms with E-state index >= 15 is 0 Å². The van der Waals surface area contributed by atoms with E-state index in [1.54, 1.807) is 4.57 Å². The molecule has 5 aromatic rings. The Morgan fingerprint density at radius 2 is 1.58 bits per heavy atom. The summed E-state index contributed by atoms with van der Waals surface area (Å²) in [5.74, 6) is -0.437. The first-order valence-electron chi connectivity index (χ1n) is 19.4. The van der Waals surface area contributed by atoms with E-state index in [-0.39, 0.29) is 30.1 Å². The quantitative estimate of drug-likeness (QED) is 0.130. The fourth-order valence-corrected chi connectivity index (χ4v) is 7.29. The van der Waals surface area contributed by atoms with Crippen molar-refractivity contribution in [2.45, 2.75) is 83.6 Å². The summed E-state index contributed by atoms with van der Waals surface area (Å²) in [7, 11) is 0. The Bertz CT molecular complexity index is 2080. The molecule has 2 aliphatic heterocycles. The third-order valence-corrected chi connectivity index (χ3v) is 9.99. The van der Waals surface area contributed by atoms with Crippen LogP contribution in [0.2, 0.25) is 0 Å². The number of aryl methyl sites for hydroxylation is 1. The number of anilines is 1. The van der Waals surface area contributed by atoms with Gasteiger partial charge in [0.2, 0.25) is 5.82 Å². The lowest BCUT2D eigenvalue weighted by molar-refractivity contribution is -0.165. The number of urea groups is 1. The van der Waals surface area contributed by atoms with Gasteiger partial charge in [-0.1, -0.05) is 67.1 Å². The number of benzene rings is 2. The van der Waals surface area contributed by atoms with Gasteiger partial charge in [0.1, 0.15) is 0 Å². The van der Waals surface area contributed by atoms with Crippen LogP contribution in [0.1, 0.15) is 81.1 Å². The van der Waals surface area contributed by atoms with E-state index in [2.05, 4.69) is 60.5 Å². The maximum atomic E-state index is 13.0. The number of likely N-dealkylation sites (tertiary alicyclic amines) is 1. The largest absolute Gasteiger partial charge is 0.455 e. The Morgan fingerprint density at radius 3 is 2.23 bits per heavy atom. The van der Waals surface area contributed by atoms with Gasteiger partial charge in [0.05, 0.1) is 19.4 Å². The van der Waals surface area contributed by atoms with Crippen molar-refractivity contribution < 1.29 is 28.6 Å². The van der Waals surface area contributed by atoms with E-state index < -0.39 is 36.5 Å². The van der Waals surface area contributed by atoms with Crippen LogP contribution in [0, 0.1) is 0 Å².